The van der Waals surface area contributed by atoms with E-state index >= 15 is 0 Å². The molecule has 2 rings (SSSR count). The first-order valence-corrected chi connectivity index (χ1v) is 6.92. The van der Waals surface area contributed by atoms with Gasteiger partial charge in [-0.15, -0.1) is 0 Å². The predicted molar refractivity (Wildman–Crippen MR) is 67.8 cm³/mol. The Balaban J connectivity index is 2.09. The second kappa shape index (κ2) is 4.66. The van der Waals surface area contributed by atoms with Crippen LogP contribution in [0.25, 0.3) is 0 Å². The Morgan fingerprint density at radius 3 is 2.76 bits per heavy atom. The van der Waals surface area contributed by atoms with E-state index in [9.17, 15) is 9.59 Å². The highest BCUT2D eigenvalue weighted by Gasteiger charge is 2.40. The second-order valence-electron chi connectivity index (χ2n) is 4.02. The van der Waals surface area contributed by atoms with E-state index < -0.39 is 0 Å². The number of nitrogen functional groups attached to an aromatic ring is 1. The number of carbonyl (C=O) groups excluding carboxylic acids is 2. The molecule has 1 unspecified atom stereocenters. The summed E-state index contributed by atoms with van der Waals surface area (Å²) in [6.45, 7) is 3.68. The Bertz CT molecular complexity index is 458. The predicted octanol–water partition coefficient (Wildman–Crippen LogP) is 1.35. The van der Waals surface area contributed by atoms with Gasteiger partial charge in [-0.1, -0.05) is 23.1 Å². The zero-order valence-electron chi connectivity index (χ0n) is 9.54. The van der Waals surface area contributed by atoms with Gasteiger partial charge >= 0.3 is 0 Å². The number of thiazole rings is 1. The van der Waals surface area contributed by atoms with E-state index in [1.54, 1.807) is 6.20 Å². The largest absolute Gasteiger partial charge is 0.375 e. The summed E-state index contributed by atoms with van der Waals surface area (Å²) in [5.74, 6) is -0.207. The Hall–Kier alpha value is -1.08. The quantitative estimate of drug-likeness (QED) is 0.840. The van der Waals surface area contributed by atoms with Crippen molar-refractivity contribution in [2.45, 2.75) is 35.8 Å². The second-order valence-corrected chi connectivity index (χ2v) is 6.59. The molecule has 92 valence electrons. The summed E-state index contributed by atoms with van der Waals surface area (Å²) < 4.78 is 0.874. The van der Waals surface area contributed by atoms with Crippen molar-refractivity contribution in [3.63, 3.8) is 0 Å². The Kier molecular flexibility index (Phi) is 3.39. The number of hydrogen-bond acceptors (Lipinski definition) is 6. The Morgan fingerprint density at radius 2 is 2.29 bits per heavy atom. The average molecular weight is 271 g/mol. The molecular formula is C10H13N3O2S2. The van der Waals surface area contributed by atoms with Crippen molar-refractivity contribution in [1.82, 2.24) is 9.88 Å². The smallest absolute Gasteiger partial charge is 0.243 e. The van der Waals surface area contributed by atoms with Crippen LogP contribution in [0.5, 0.6) is 0 Å². The lowest BCUT2D eigenvalue weighted by Gasteiger charge is -2.18. The third kappa shape index (κ3) is 2.44. The maximum Gasteiger partial charge on any atom is 0.243 e. The van der Waals surface area contributed by atoms with Crippen LogP contribution in [0.4, 0.5) is 5.13 Å². The van der Waals surface area contributed by atoms with Crippen LogP contribution in [-0.4, -0.2) is 33.0 Å². The van der Waals surface area contributed by atoms with Crippen LogP contribution < -0.4 is 5.73 Å². The third-order valence-electron chi connectivity index (χ3n) is 2.42. The zero-order chi connectivity index (χ0) is 12.6. The van der Waals surface area contributed by atoms with Gasteiger partial charge in [0.2, 0.25) is 11.8 Å². The van der Waals surface area contributed by atoms with Gasteiger partial charge in [0.05, 0.1) is 15.7 Å². The number of carbonyl (C=O) groups is 2. The minimum atomic E-state index is -0.329. The highest BCUT2D eigenvalue weighted by atomic mass is 32.2. The van der Waals surface area contributed by atoms with Crippen molar-refractivity contribution < 1.29 is 9.59 Å². The summed E-state index contributed by atoms with van der Waals surface area (Å²) in [6, 6.07) is -0.0767. The molecule has 17 heavy (non-hydrogen) atoms. The van der Waals surface area contributed by atoms with Crippen LogP contribution in [0.15, 0.2) is 10.4 Å². The average Bonchev–Trinajstić information content (AvgIpc) is 2.73. The number of rotatable bonds is 3. The summed E-state index contributed by atoms with van der Waals surface area (Å²) >= 11 is 2.70. The Morgan fingerprint density at radius 1 is 1.59 bits per heavy atom. The monoisotopic (exact) mass is 271 g/mol. The van der Waals surface area contributed by atoms with Gasteiger partial charge in [0.25, 0.3) is 0 Å². The van der Waals surface area contributed by atoms with Gasteiger partial charge < -0.3 is 5.73 Å². The molecule has 1 fully saturated rings. The first-order valence-electron chi connectivity index (χ1n) is 5.23. The fourth-order valence-electron chi connectivity index (χ4n) is 1.72. The van der Waals surface area contributed by atoms with Crippen LogP contribution in [-0.2, 0) is 9.59 Å². The number of amides is 2. The molecule has 1 aromatic rings. The van der Waals surface area contributed by atoms with Crippen molar-refractivity contribution in [2.75, 3.05) is 5.73 Å². The van der Waals surface area contributed by atoms with E-state index in [0.29, 0.717) is 5.13 Å². The number of nitrogens with two attached hydrogens (primary N) is 1. The normalized spacial score (nSPS) is 20.6. The maximum atomic E-state index is 12.0. The van der Waals surface area contributed by atoms with Gasteiger partial charge in [-0.25, -0.2) is 4.98 Å². The van der Waals surface area contributed by atoms with Crippen LogP contribution in [0, 0.1) is 0 Å². The van der Waals surface area contributed by atoms with E-state index in [4.69, 9.17) is 5.73 Å². The summed E-state index contributed by atoms with van der Waals surface area (Å²) in [6.07, 6.45) is 1.90. The number of imide groups is 1. The molecule has 5 nitrogen and oxygen atoms in total. The summed E-state index contributed by atoms with van der Waals surface area (Å²) in [7, 11) is 0. The summed E-state index contributed by atoms with van der Waals surface area (Å²) in [5, 5.41) is 0.148. The molecule has 1 aliphatic rings. The summed E-state index contributed by atoms with van der Waals surface area (Å²) in [4.78, 5) is 29.0. The number of hydrogen-bond donors (Lipinski definition) is 1. The number of aromatic nitrogens is 1. The van der Waals surface area contributed by atoms with Crippen molar-refractivity contribution in [1.29, 1.82) is 0 Å². The molecule has 1 saturated heterocycles. The van der Waals surface area contributed by atoms with E-state index in [0.717, 1.165) is 4.21 Å². The van der Waals surface area contributed by atoms with E-state index in [2.05, 4.69) is 4.98 Å². The number of likely N-dealkylation sites (tertiary alicyclic amines) is 1. The van der Waals surface area contributed by atoms with E-state index in [-0.39, 0.29) is 29.5 Å². The molecule has 7 heteroatoms. The van der Waals surface area contributed by atoms with Gasteiger partial charge in [-0.3, -0.25) is 14.5 Å². The van der Waals surface area contributed by atoms with Crippen molar-refractivity contribution >= 4 is 40.0 Å². The van der Waals surface area contributed by atoms with E-state index in [1.165, 1.54) is 28.0 Å². The molecule has 0 spiro atoms. The lowest BCUT2D eigenvalue weighted by atomic mass is 10.3. The lowest BCUT2D eigenvalue weighted by Crippen LogP contribution is -2.37. The van der Waals surface area contributed by atoms with Crippen LogP contribution in [0.2, 0.25) is 0 Å². The van der Waals surface area contributed by atoms with Gasteiger partial charge in [-0.05, 0) is 13.8 Å². The fourth-order valence-corrected chi connectivity index (χ4v) is 3.77. The van der Waals surface area contributed by atoms with Crippen molar-refractivity contribution in [3.05, 3.63) is 6.20 Å². The molecule has 2 N–H and O–H groups in total. The fraction of sp³-hybridized carbons (Fsp3) is 0.500. The first-order chi connectivity index (χ1) is 7.99. The first kappa shape index (κ1) is 12.4. The molecule has 2 heterocycles. The van der Waals surface area contributed by atoms with E-state index in [1.807, 2.05) is 13.8 Å². The molecule has 2 amide bonds. The molecule has 1 aromatic heterocycles. The molecule has 0 aliphatic carbocycles. The highest BCUT2D eigenvalue weighted by Crippen LogP contribution is 2.35. The van der Waals surface area contributed by atoms with Gasteiger partial charge in [0.1, 0.15) is 0 Å². The Labute approximate surface area is 107 Å². The minimum Gasteiger partial charge on any atom is -0.375 e. The molecule has 0 saturated carbocycles. The maximum absolute atomic E-state index is 12.0. The SMILES string of the molecule is CC(C)N1C(=O)CC(Sc2cnc(N)s2)C1=O. The molecule has 0 radical (unpaired) electrons. The number of thioether (sulfide) groups is 1. The van der Waals surface area contributed by atoms with Gasteiger partial charge in [0, 0.05) is 12.5 Å². The zero-order valence-corrected chi connectivity index (χ0v) is 11.2. The van der Waals surface area contributed by atoms with Crippen LogP contribution >= 0.6 is 23.1 Å². The number of nitrogens with zero attached hydrogens (tertiary/aromatic N) is 2. The van der Waals surface area contributed by atoms with Crippen molar-refractivity contribution in [2.24, 2.45) is 0 Å². The van der Waals surface area contributed by atoms with Crippen LogP contribution in [0.3, 0.4) is 0 Å². The highest BCUT2D eigenvalue weighted by molar-refractivity contribution is 8.02. The minimum absolute atomic E-state index is 0.0767. The lowest BCUT2D eigenvalue weighted by molar-refractivity contribution is -0.140. The van der Waals surface area contributed by atoms with Gasteiger partial charge in [0.15, 0.2) is 5.13 Å². The number of anilines is 1. The van der Waals surface area contributed by atoms with Gasteiger partial charge in [-0.2, -0.15) is 0 Å². The molecule has 1 atom stereocenters. The standard InChI is InChI=1S/C10H13N3O2S2/c1-5(2)13-7(14)3-6(9(13)15)16-8-4-12-10(11)17-8/h4-6H,3H2,1-2H3,(H2,11,12). The summed E-state index contributed by atoms with van der Waals surface area (Å²) in [5.41, 5.74) is 5.52. The van der Waals surface area contributed by atoms with Crippen molar-refractivity contribution in [3.8, 4) is 0 Å². The molecule has 0 bridgehead atoms. The third-order valence-corrected chi connectivity index (χ3v) is 4.57. The molecule has 0 aromatic carbocycles. The van der Waals surface area contributed by atoms with Crippen LogP contribution in [0.1, 0.15) is 20.3 Å². The molecular weight excluding hydrogens is 258 g/mol. The molecule has 1 aliphatic heterocycles. The topological polar surface area (TPSA) is 76.3 Å².